The Labute approximate surface area is 84.4 Å². The molecule has 0 aromatic heterocycles. The van der Waals surface area contributed by atoms with Crippen LogP contribution in [-0.4, -0.2) is 29.3 Å². The zero-order valence-corrected chi connectivity index (χ0v) is 8.66. The molecule has 1 aliphatic rings. The van der Waals surface area contributed by atoms with Crippen LogP contribution in [0.25, 0.3) is 0 Å². The fourth-order valence-electron chi connectivity index (χ4n) is 1.88. The van der Waals surface area contributed by atoms with Gasteiger partial charge in [0.05, 0.1) is 0 Å². The quantitative estimate of drug-likeness (QED) is 0.721. The summed E-state index contributed by atoms with van der Waals surface area (Å²) in [5.74, 6) is -0.296. The minimum atomic E-state index is -0.382. The number of primary amides is 1. The molecule has 1 rings (SSSR count). The zero-order valence-electron chi connectivity index (χ0n) is 8.66. The summed E-state index contributed by atoms with van der Waals surface area (Å²) in [5.41, 5.74) is 5.28. The predicted molar refractivity (Wildman–Crippen MR) is 53.5 cm³/mol. The molecule has 4 heteroatoms. The van der Waals surface area contributed by atoms with E-state index in [2.05, 4.69) is 0 Å². The molecule has 1 fully saturated rings. The van der Waals surface area contributed by atoms with E-state index in [0.29, 0.717) is 19.4 Å². The maximum atomic E-state index is 11.5. The Bertz CT molecular complexity index is 226. The molecule has 1 atom stereocenters. The van der Waals surface area contributed by atoms with Gasteiger partial charge in [0.25, 0.3) is 0 Å². The minimum Gasteiger partial charge on any atom is -0.368 e. The second kappa shape index (κ2) is 4.98. The second-order valence-electron chi connectivity index (χ2n) is 3.75. The average molecular weight is 198 g/mol. The lowest BCUT2D eigenvalue weighted by Crippen LogP contribution is -2.49. The van der Waals surface area contributed by atoms with E-state index in [1.165, 1.54) is 0 Å². The van der Waals surface area contributed by atoms with Gasteiger partial charge in [-0.3, -0.25) is 9.59 Å². The number of hydrogen-bond acceptors (Lipinski definition) is 2. The monoisotopic (exact) mass is 198 g/mol. The molecule has 4 nitrogen and oxygen atoms in total. The lowest BCUT2D eigenvalue weighted by atomic mass is 10.0. The molecule has 0 saturated carbocycles. The topological polar surface area (TPSA) is 63.4 Å². The molecule has 1 heterocycles. The van der Waals surface area contributed by atoms with Crippen LogP contribution in [0.3, 0.4) is 0 Å². The number of carbonyl (C=O) groups is 2. The molecule has 2 N–H and O–H groups in total. The van der Waals surface area contributed by atoms with Crippen molar-refractivity contribution in [3.05, 3.63) is 0 Å². The highest BCUT2D eigenvalue weighted by molar-refractivity contribution is 5.86. The lowest BCUT2D eigenvalue weighted by molar-refractivity contribution is -0.141. The first-order valence-corrected chi connectivity index (χ1v) is 5.25. The number of piperidine rings is 1. The standard InChI is InChI=1S/C10H18N2O2/c1-2-5-8(10(11)14)12-7-4-3-6-9(12)13/h8H,2-7H2,1H3,(H2,11,14). The van der Waals surface area contributed by atoms with Crippen molar-refractivity contribution < 1.29 is 9.59 Å². The summed E-state index contributed by atoms with van der Waals surface area (Å²) < 4.78 is 0. The molecule has 0 aromatic rings. The number of nitrogens with two attached hydrogens (primary N) is 1. The van der Waals surface area contributed by atoms with Gasteiger partial charge in [-0.25, -0.2) is 0 Å². The third-order valence-corrected chi connectivity index (χ3v) is 2.63. The molecule has 0 radical (unpaired) electrons. The van der Waals surface area contributed by atoms with E-state index in [1.807, 2.05) is 6.92 Å². The van der Waals surface area contributed by atoms with Crippen molar-refractivity contribution >= 4 is 11.8 Å². The molecule has 0 spiro atoms. The highest BCUT2D eigenvalue weighted by Gasteiger charge is 2.28. The number of amides is 2. The number of likely N-dealkylation sites (tertiary alicyclic amines) is 1. The normalized spacial score (nSPS) is 19.5. The number of nitrogens with zero attached hydrogens (tertiary/aromatic N) is 1. The second-order valence-corrected chi connectivity index (χ2v) is 3.75. The summed E-state index contributed by atoms with van der Waals surface area (Å²) in [6.45, 7) is 2.68. The summed E-state index contributed by atoms with van der Waals surface area (Å²) >= 11 is 0. The van der Waals surface area contributed by atoms with Crippen molar-refractivity contribution in [2.24, 2.45) is 5.73 Å². The predicted octanol–water partition coefficient (Wildman–Crippen LogP) is 0.653. The van der Waals surface area contributed by atoms with Gasteiger partial charge in [0.15, 0.2) is 0 Å². The summed E-state index contributed by atoms with van der Waals surface area (Å²) in [6.07, 6.45) is 4.04. The molecule has 2 amide bonds. The van der Waals surface area contributed by atoms with Crippen molar-refractivity contribution in [1.82, 2.24) is 4.90 Å². The van der Waals surface area contributed by atoms with Crippen LogP contribution in [0.4, 0.5) is 0 Å². The van der Waals surface area contributed by atoms with Crippen molar-refractivity contribution in [3.8, 4) is 0 Å². The van der Waals surface area contributed by atoms with Crippen LogP contribution in [0.15, 0.2) is 0 Å². The molecule has 0 aliphatic carbocycles. The highest BCUT2D eigenvalue weighted by Crippen LogP contribution is 2.16. The summed E-state index contributed by atoms with van der Waals surface area (Å²) in [7, 11) is 0. The van der Waals surface area contributed by atoms with Gasteiger partial charge >= 0.3 is 0 Å². The summed E-state index contributed by atoms with van der Waals surface area (Å²) in [4.78, 5) is 24.3. The van der Waals surface area contributed by atoms with Gasteiger partial charge in [-0.2, -0.15) is 0 Å². The maximum Gasteiger partial charge on any atom is 0.240 e. The van der Waals surface area contributed by atoms with E-state index >= 15 is 0 Å². The Hall–Kier alpha value is -1.06. The van der Waals surface area contributed by atoms with E-state index in [-0.39, 0.29) is 17.9 Å². The molecular weight excluding hydrogens is 180 g/mol. The fourth-order valence-corrected chi connectivity index (χ4v) is 1.88. The minimum absolute atomic E-state index is 0.0773. The smallest absolute Gasteiger partial charge is 0.240 e. The van der Waals surface area contributed by atoms with Crippen molar-refractivity contribution in [2.45, 2.75) is 45.1 Å². The van der Waals surface area contributed by atoms with E-state index < -0.39 is 0 Å². The largest absolute Gasteiger partial charge is 0.368 e. The van der Waals surface area contributed by atoms with E-state index in [0.717, 1.165) is 19.3 Å². The average Bonchev–Trinajstić information content (AvgIpc) is 2.15. The molecule has 0 bridgehead atoms. The fraction of sp³-hybridized carbons (Fsp3) is 0.800. The van der Waals surface area contributed by atoms with Crippen LogP contribution < -0.4 is 5.73 Å². The summed E-state index contributed by atoms with van der Waals surface area (Å²) in [6, 6.07) is -0.382. The van der Waals surface area contributed by atoms with Crippen molar-refractivity contribution in [2.75, 3.05) is 6.54 Å². The van der Waals surface area contributed by atoms with Crippen LogP contribution in [-0.2, 0) is 9.59 Å². The molecule has 14 heavy (non-hydrogen) atoms. The van der Waals surface area contributed by atoms with Crippen LogP contribution in [0, 0.1) is 0 Å². The van der Waals surface area contributed by atoms with E-state index in [9.17, 15) is 9.59 Å². The van der Waals surface area contributed by atoms with Crippen LogP contribution >= 0.6 is 0 Å². The van der Waals surface area contributed by atoms with Crippen molar-refractivity contribution in [1.29, 1.82) is 0 Å². The van der Waals surface area contributed by atoms with Gasteiger partial charge in [0, 0.05) is 13.0 Å². The Morgan fingerprint density at radius 2 is 2.29 bits per heavy atom. The van der Waals surface area contributed by atoms with Gasteiger partial charge in [-0.1, -0.05) is 13.3 Å². The Morgan fingerprint density at radius 3 is 2.79 bits per heavy atom. The van der Waals surface area contributed by atoms with Crippen LogP contribution in [0.1, 0.15) is 39.0 Å². The number of rotatable bonds is 4. The highest BCUT2D eigenvalue weighted by atomic mass is 16.2. The van der Waals surface area contributed by atoms with Crippen LogP contribution in [0.5, 0.6) is 0 Å². The van der Waals surface area contributed by atoms with Gasteiger partial charge in [0.1, 0.15) is 6.04 Å². The van der Waals surface area contributed by atoms with Gasteiger partial charge < -0.3 is 10.6 Å². The molecule has 80 valence electrons. The van der Waals surface area contributed by atoms with Gasteiger partial charge in [0.2, 0.25) is 11.8 Å². The van der Waals surface area contributed by atoms with Gasteiger partial charge in [-0.15, -0.1) is 0 Å². The third kappa shape index (κ3) is 2.47. The maximum absolute atomic E-state index is 11.5. The number of carbonyl (C=O) groups excluding carboxylic acids is 2. The van der Waals surface area contributed by atoms with Gasteiger partial charge in [-0.05, 0) is 19.3 Å². The third-order valence-electron chi connectivity index (χ3n) is 2.63. The summed E-state index contributed by atoms with van der Waals surface area (Å²) in [5, 5.41) is 0. The van der Waals surface area contributed by atoms with Crippen molar-refractivity contribution in [3.63, 3.8) is 0 Å². The molecule has 0 aromatic carbocycles. The number of hydrogen-bond donors (Lipinski definition) is 1. The first-order chi connectivity index (χ1) is 6.66. The first kappa shape index (κ1) is 11.0. The van der Waals surface area contributed by atoms with E-state index in [4.69, 9.17) is 5.73 Å². The molecule has 1 aliphatic heterocycles. The lowest BCUT2D eigenvalue weighted by Gasteiger charge is -2.32. The zero-order chi connectivity index (χ0) is 10.6. The van der Waals surface area contributed by atoms with Crippen LogP contribution in [0.2, 0.25) is 0 Å². The Morgan fingerprint density at radius 1 is 1.57 bits per heavy atom. The first-order valence-electron chi connectivity index (χ1n) is 5.25. The SMILES string of the molecule is CCCC(C(N)=O)N1CCCCC1=O. The molecule has 1 unspecified atom stereocenters. The molecular formula is C10H18N2O2. The Kier molecular flexibility index (Phi) is 3.92. The van der Waals surface area contributed by atoms with E-state index in [1.54, 1.807) is 4.90 Å². The Balaban J connectivity index is 2.65. The molecule has 1 saturated heterocycles.